The topological polar surface area (TPSA) is 87.1 Å². The van der Waals surface area contributed by atoms with Gasteiger partial charge in [0.05, 0.1) is 12.2 Å². The molecule has 1 atom stereocenters. The molecular formula is C30H41NO5. The predicted octanol–water partition coefficient (Wildman–Crippen LogP) is 6.20. The maximum atomic E-state index is 11.2. The zero-order valence-corrected chi connectivity index (χ0v) is 21.7. The van der Waals surface area contributed by atoms with Gasteiger partial charge in [0.15, 0.2) is 0 Å². The molecule has 0 fully saturated rings. The van der Waals surface area contributed by atoms with E-state index in [4.69, 9.17) is 9.84 Å². The van der Waals surface area contributed by atoms with E-state index >= 15 is 0 Å². The Hall–Kier alpha value is -2.86. The third kappa shape index (κ3) is 8.66. The molecule has 6 nitrogen and oxygen atoms in total. The highest BCUT2D eigenvalue weighted by Gasteiger charge is 2.26. The zero-order chi connectivity index (χ0) is 25.9. The van der Waals surface area contributed by atoms with Crippen molar-refractivity contribution in [1.29, 1.82) is 0 Å². The highest BCUT2D eigenvalue weighted by Crippen LogP contribution is 2.32. The molecule has 36 heavy (non-hydrogen) atoms. The zero-order valence-electron chi connectivity index (χ0n) is 21.7. The van der Waals surface area contributed by atoms with Crippen molar-refractivity contribution in [2.75, 3.05) is 13.2 Å². The van der Waals surface area contributed by atoms with Crippen LogP contribution in [0.4, 0.5) is 0 Å². The molecule has 0 aliphatic heterocycles. The Morgan fingerprint density at radius 1 is 1.03 bits per heavy atom. The minimum absolute atomic E-state index is 0.184. The molecule has 0 amide bonds. The molecule has 2 aromatic carbocycles. The van der Waals surface area contributed by atoms with Crippen LogP contribution in [-0.4, -0.2) is 46.2 Å². The number of aliphatic carboxylic acids is 1. The van der Waals surface area contributed by atoms with Crippen LogP contribution in [0.25, 0.3) is 0 Å². The Bertz CT molecular complexity index is 985. The first-order chi connectivity index (χ1) is 17.3. The summed E-state index contributed by atoms with van der Waals surface area (Å²) in [6.07, 6.45) is 8.06. The number of aromatic carboxylic acids is 1. The van der Waals surface area contributed by atoms with Crippen LogP contribution in [0.5, 0.6) is 5.75 Å². The average Bonchev–Trinajstić information content (AvgIpc) is 2.85. The molecule has 1 aliphatic rings. The normalized spacial score (nSPS) is 15.2. The van der Waals surface area contributed by atoms with Gasteiger partial charge in [0.25, 0.3) is 0 Å². The Kier molecular flexibility index (Phi) is 10.8. The summed E-state index contributed by atoms with van der Waals surface area (Å²) >= 11 is 0. The molecule has 0 heterocycles. The van der Waals surface area contributed by atoms with E-state index in [2.05, 4.69) is 36.9 Å². The first-order valence-electron chi connectivity index (χ1n) is 13.3. The van der Waals surface area contributed by atoms with Crippen LogP contribution in [0.3, 0.4) is 0 Å². The molecule has 0 saturated carbocycles. The van der Waals surface area contributed by atoms with Crippen molar-refractivity contribution in [1.82, 2.24) is 4.90 Å². The number of ether oxygens (including phenoxy) is 1. The van der Waals surface area contributed by atoms with Gasteiger partial charge >= 0.3 is 11.9 Å². The van der Waals surface area contributed by atoms with E-state index in [9.17, 15) is 14.7 Å². The fourth-order valence-corrected chi connectivity index (χ4v) is 4.99. The molecule has 0 saturated heterocycles. The molecule has 6 heteroatoms. The molecule has 196 valence electrons. The SMILES string of the molecule is CC(C)CCCCOc1cccc2c1CC(N(CCCCC(=O)O)Cc1ccc(C(=O)O)cc1)CC2. The van der Waals surface area contributed by atoms with Crippen molar-refractivity contribution in [3.05, 3.63) is 64.7 Å². The average molecular weight is 496 g/mol. The molecular weight excluding hydrogens is 454 g/mol. The molecule has 0 spiro atoms. The summed E-state index contributed by atoms with van der Waals surface area (Å²) in [7, 11) is 0. The number of hydrogen-bond donors (Lipinski definition) is 2. The van der Waals surface area contributed by atoms with Crippen LogP contribution < -0.4 is 4.74 Å². The van der Waals surface area contributed by atoms with Crippen molar-refractivity contribution < 1.29 is 24.5 Å². The quantitative estimate of drug-likeness (QED) is 0.286. The van der Waals surface area contributed by atoms with Gasteiger partial charge in [-0.2, -0.15) is 0 Å². The van der Waals surface area contributed by atoms with Gasteiger partial charge in [-0.25, -0.2) is 4.79 Å². The monoisotopic (exact) mass is 495 g/mol. The highest BCUT2D eigenvalue weighted by molar-refractivity contribution is 5.87. The fourth-order valence-electron chi connectivity index (χ4n) is 4.99. The number of rotatable bonds is 15. The minimum atomic E-state index is -0.923. The van der Waals surface area contributed by atoms with Crippen LogP contribution in [-0.2, 0) is 24.2 Å². The first-order valence-corrected chi connectivity index (χ1v) is 13.3. The summed E-state index contributed by atoms with van der Waals surface area (Å²) in [4.78, 5) is 24.7. The third-order valence-corrected chi connectivity index (χ3v) is 7.04. The lowest BCUT2D eigenvalue weighted by Gasteiger charge is -2.36. The van der Waals surface area contributed by atoms with E-state index in [0.717, 1.165) is 62.5 Å². The van der Waals surface area contributed by atoms with Crippen LogP contribution in [0, 0.1) is 5.92 Å². The molecule has 3 rings (SSSR count). The van der Waals surface area contributed by atoms with E-state index in [1.165, 1.54) is 24.0 Å². The number of hydrogen-bond acceptors (Lipinski definition) is 4. The Labute approximate surface area is 215 Å². The van der Waals surface area contributed by atoms with E-state index in [1.807, 2.05) is 12.1 Å². The highest BCUT2D eigenvalue weighted by atomic mass is 16.5. The van der Waals surface area contributed by atoms with Gasteiger partial charge in [-0.1, -0.05) is 44.5 Å². The van der Waals surface area contributed by atoms with E-state index in [0.29, 0.717) is 19.0 Å². The summed E-state index contributed by atoms with van der Waals surface area (Å²) in [6.45, 7) is 6.77. The van der Waals surface area contributed by atoms with Crippen molar-refractivity contribution in [3.63, 3.8) is 0 Å². The number of carboxylic acid groups (broad SMARTS) is 2. The molecule has 0 bridgehead atoms. The number of unbranched alkanes of at least 4 members (excludes halogenated alkanes) is 2. The molecule has 1 aliphatic carbocycles. The summed E-state index contributed by atoms with van der Waals surface area (Å²) in [5.74, 6) is 0.0377. The van der Waals surface area contributed by atoms with Gasteiger partial charge in [-0.3, -0.25) is 9.69 Å². The minimum Gasteiger partial charge on any atom is -0.493 e. The summed E-state index contributed by atoms with van der Waals surface area (Å²) in [5, 5.41) is 18.2. The summed E-state index contributed by atoms with van der Waals surface area (Å²) in [6, 6.07) is 13.8. The van der Waals surface area contributed by atoms with Crippen LogP contribution in [0.1, 0.15) is 85.8 Å². The molecule has 0 radical (unpaired) electrons. The number of fused-ring (bicyclic) bond motifs is 1. The number of carbonyl (C=O) groups is 2. The maximum Gasteiger partial charge on any atom is 0.335 e. The van der Waals surface area contributed by atoms with Gasteiger partial charge in [-0.15, -0.1) is 0 Å². The largest absolute Gasteiger partial charge is 0.493 e. The van der Waals surface area contributed by atoms with Crippen LogP contribution in [0.15, 0.2) is 42.5 Å². The van der Waals surface area contributed by atoms with Gasteiger partial charge in [0.1, 0.15) is 5.75 Å². The fraction of sp³-hybridized carbons (Fsp3) is 0.533. The second-order valence-electron chi connectivity index (χ2n) is 10.4. The molecule has 2 N–H and O–H groups in total. The second-order valence-corrected chi connectivity index (χ2v) is 10.4. The van der Waals surface area contributed by atoms with Crippen molar-refractivity contribution in [2.24, 2.45) is 5.92 Å². The molecule has 2 aromatic rings. The van der Waals surface area contributed by atoms with Crippen molar-refractivity contribution in [3.8, 4) is 5.75 Å². The smallest absolute Gasteiger partial charge is 0.335 e. The standard InChI is InChI=1S/C30H41NO5/c1-22(2)8-4-6-19-36-28-10-7-9-24-16-17-26(20-27(24)28)31(18-5-3-11-29(32)33)21-23-12-14-25(15-13-23)30(34)35/h7,9-10,12-15,22,26H,3-6,8,11,16-21H2,1-2H3,(H,32,33)(H,34,35). The van der Waals surface area contributed by atoms with Crippen LogP contribution in [0.2, 0.25) is 0 Å². The Morgan fingerprint density at radius 3 is 2.50 bits per heavy atom. The lowest BCUT2D eigenvalue weighted by molar-refractivity contribution is -0.137. The number of nitrogens with zero attached hydrogens (tertiary/aromatic N) is 1. The van der Waals surface area contributed by atoms with Gasteiger partial charge in [0, 0.05) is 19.0 Å². The van der Waals surface area contributed by atoms with Crippen molar-refractivity contribution >= 4 is 11.9 Å². The van der Waals surface area contributed by atoms with E-state index in [1.54, 1.807) is 12.1 Å². The van der Waals surface area contributed by atoms with Gasteiger partial charge < -0.3 is 14.9 Å². The lowest BCUT2D eigenvalue weighted by atomic mass is 9.86. The van der Waals surface area contributed by atoms with Gasteiger partial charge in [-0.05, 0) is 92.3 Å². The van der Waals surface area contributed by atoms with Gasteiger partial charge in [0.2, 0.25) is 0 Å². The van der Waals surface area contributed by atoms with E-state index in [-0.39, 0.29) is 12.0 Å². The Balaban J connectivity index is 1.69. The number of benzene rings is 2. The summed E-state index contributed by atoms with van der Waals surface area (Å²) < 4.78 is 6.25. The lowest BCUT2D eigenvalue weighted by Crippen LogP contribution is -2.39. The first kappa shape index (κ1) is 27.7. The Morgan fingerprint density at radius 2 is 1.81 bits per heavy atom. The maximum absolute atomic E-state index is 11.2. The molecule has 1 unspecified atom stereocenters. The number of aryl methyl sites for hydroxylation is 1. The third-order valence-electron chi connectivity index (χ3n) is 7.04. The van der Waals surface area contributed by atoms with Crippen LogP contribution >= 0.6 is 0 Å². The molecule has 0 aromatic heterocycles. The van der Waals surface area contributed by atoms with E-state index < -0.39 is 11.9 Å². The number of carboxylic acids is 2. The summed E-state index contributed by atoms with van der Waals surface area (Å²) in [5.41, 5.74) is 4.02. The van der Waals surface area contributed by atoms with Crippen molar-refractivity contribution in [2.45, 2.75) is 84.2 Å². The second kappa shape index (κ2) is 14.0. The predicted molar refractivity (Wildman–Crippen MR) is 142 cm³/mol.